The Morgan fingerprint density at radius 2 is 2.14 bits per heavy atom. The van der Waals surface area contributed by atoms with Gasteiger partial charge in [-0.05, 0) is 54.5 Å². The van der Waals surface area contributed by atoms with Crippen LogP contribution in [0.5, 0.6) is 0 Å². The average Bonchev–Trinajstić information content (AvgIpc) is 3.39. The maximum atomic E-state index is 12.4. The van der Waals surface area contributed by atoms with Gasteiger partial charge in [0.25, 0.3) is 11.1 Å². The van der Waals surface area contributed by atoms with E-state index < -0.39 is 23.2 Å². The van der Waals surface area contributed by atoms with Crippen molar-refractivity contribution in [3.8, 4) is 0 Å². The summed E-state index contributed by atoms with van der Waals surface area (Å²) in [6.45, 7) is 0.419. The van der Waals surface area contributed by atoms with Crippen molar-refractivity contribution >= 4 is 57.9 Å². The van der Waals surface area contributed by atoms with Crippen molar-refractivity contribution in [3.05, 3.63) is 46.6 Å². The predicted molar refractivity (Wildman–Crippen MR) is 107 cm³/mol. The lowest BCUT2D eigenvalue weighted by Crippen LogP contribution is -2.39. The lowest BCUT2D eigenvalue weighted by Gasteiger charge is -2.19. The second-order valence-electron chi connectivity index (χ2n) is 6.66. The van der Waals surface area contributed by atoms with E-state index in [2.05, 4.69) is 5.32 Å². The highest BCUT2D eigenvalue weighted by atomic mass is 32.2. The zero-order valence-electron chi connectivity index (χ0n) is 15.1. The van der Waals surface area contributed by atoms with E-state index in [9.17, 15) is 24.3 Å². The SMILES string of the molecule is O=C1NC(=O)C(=Cc2ccc3occ(C=CC(=O)N4CCC[C@@H]4C(=O)O)c3c2)S1. The number of amides is 3. The molecule has 1 aromatic heterocycles. The number of fused-ring (bicyclic) bond motifs is 1. The van der Waals surface area contributed by atoms with Crippen LogP contribution in [0.25, 0.3) is 23.1 Å². The molecule has 0 unspecified atom stereocenters. The van der Waals surface area contributed by atoms with Gasteiger partial charge in [-0.25, -0.2) is 4.79 Å². The minimum absolute atomic E-state index is 0.305. The molecule has 3 heterocycles. The Balaban J connectivity index is 1.58. The number of carboxylic acids is 1. The van der Waals surface area contributed by atoms with Crippen molar-refractivity contribution in [2.24, 2.45) is 0 Å². The number of thioether (sulfide) groups is 1. The summed E-state index contributed by atoms with van der Waals surface area (Å²) in [6.07, 6.45) is 7.16. The predicted octanol–water partition coefficient (Wildman–Crippen LogP) is 2.85. The standard InChI is InChI=1S/C20H16N2O6S/c23-17(22-7-1-2-14(22)19(25)26)6-4-12-10-28-15-5-3-11(8-13(12)15)9-16-18(24)21-20(27)29-16/h3-6,8-10,14H,1-2,7H2,(H,25,26)(H,21,24,27)/t14-/m1/s1. The maximum Gasteiger partial charge on any atom is 0.326 e. The number of carbonyl (C=O) groups excluding carboxylic acids is 3. The number of nitrogens with zero attached hydrogens (tertiary/aromatic N) is 1. The van der Waals surface area contributed by atoms with Crippen LogP contribution in [0.1, 0.15) is 24.0 Å². The molecule has 8 nitrogen and oxygen atoms in total. The summed E-state index contributed by atoms with van der Waals surface area (Å²) >= 11 is 0.837. The number of furan rings is 1. The maximum absolute atomic E-state index is 12.4. The monoisotopic (exact) mass is 412 g/mol. The molecular weight excluding hydrogens is 396 g/mol. The zero-order valence-corrected chi connectivity index (χ0v) is 15.9. The normalized spacial score (nSPS) is 20.9. The van der Waals surface area contributed by atoms with E-state index in [1.807, 2.05) is 0 Å². The lowest BCUT2D eigenvalue weighted by molar-refractivity contribution is -0.146. The van der Waals surface area contributed by atoms with Crippen LogP contribution in [0.3, 0.4) is 0 Å². The number of carbonyl (C=O) groups is 4. The van der Waals surface area contributed by atoms with Crippen LogP contribution in [0.15, 0.2) is 39.9 Å². The molecule has 2 N–H and O–H groups in total. The number of benzene rings is 1. The van der Waals surface area contributed by atoms with Crippen LogP contribution in [-0.4, -0.2) is 45.6 Å². The molecule has 2 fully saturated rings. The highest BCUT2D eigenvalue weighted by molar-refractivity contribution is 8.18. The van der Waals surface area contributed by atoms with Gasteiger partial charge in [-0.2, -0.15) is 0 Å². The van der Waals surface area contributed by atoms with Crippen LogP contribution in [0.4, 0.5) is 4.79 Å². The van der Waals surface area contributed by atoms with E-state index in [0.29, 0.717) is 41.0 Å². The van der Waals surface area contributed by atoms with Gasteiger partial charge < -0.3 is 14.4 Å². The van der Waals surface area contributed by atoms with E-state index in [4.69, 9.17) is 4.42 Å². The smallest absolute Gasteiger partial charge is 0.326 e. The minimum Gasteiger partial charge on any atom is -0.480 e. The number of hydrogen-bond donors (Lipinski definition) is 2. The molecule has 2 aromatic rings. The Bertz CT molecular complexity index is 1100. The summed E-state index contributed by atoms with van der Waals surface area (Å²) in [5, 5.41) is 11.7. The minimum atomic E-state index is -0.997. The van der Waals surface area contributed by atoms with Crippen LogP contribution >= 0.6 is 11.8 Å². The summed E-state index contributed by atoms with van der Waals surface area (Å²) in [5.41, 5.74) is 1.96. The molecule has 1 aromatic carbocycles. The number of aliphatic carboxylic acids is 1. The quantitative estimate of drug-likeness (QED) is 0.742. The molecule has 0 radical (unpaired) electrons. The third-order valence-electron chi connectivity index (χ3n) is 4.79. The molecule has 9 heteroatoms. The zero-order chi connectivity index (χ0) is 20.5. The Labute approximate surface area is 169 Å². The largest absolute Gasteiger partial charge is 0.480 e. The molecule has 4 rings (SSSR count). The lowest BCUT2D eigenvalue weighted by atomic mass is 10.1. The Kier molecular flexibility index (Phi) is 4.98. The van der Waals surface area contributed by atoms with Crippen molar-refractivity contribution in [1.82, 2.24) is 10.2 Å². The van der Waals surface area contributed by atoms with Crippen molar-refractivity contribution < 1.29 is 28.7 Å². The third-order valence-corrected chi connectivity index (χ3v) is 5.60. The summed E-state index contributed by atoms with van der Waals surface area (Å²) in [6, 6.07) is 4.50. The van der Waals surface area contributed by atoms with E-state index in [0.717, 1.165) is 17.1 Å². The second-order valence-corrected chi connectivity index (χ2v) is 7.67. The Morgan fingerprint density at radius 1 is 1.31 bits per heavy atom. The van der Waals surface area contributed by atoms with E-state index in [1.54, 1.807) is 30.4 Å². The molecule has 0 aliphatic carbocycles. The fourth-order valence-electron chi connectivity index (χ4n) is 3.40. The fraction of sp³-hybridized carbons (Fsp3) is 0.200. The van der Waals surface area contributed by atoms with Gasteiger partial charge in [0.05, 0.1) is 11.2 Å². The van der Waals surface area contributed by atoms with Gasteiger partial charge in [-0.1, -0.05) is 6.07 Å². The first kappa shape index (κ1) is 19.0. The average molecular weight is 412 g/mol. The van der Waals surface area contributed by atoms with Crippen molar-refractivity contribution in [2.75, 3.05) is 6.54 Å². The second kappa shape index (κ2) is 7.59. The molecule has 2 saturated heterocycles. The van der Waals surface area contributed by atoms with Crippen molar-refractivity contribution in [2.45, 2.75) is 18.9 Å². The molecule has 3 amide bonds. The van der Waals surface area contributed by atoms with Crippen LogP contribution in [-0.2, 0) is 14.4 Å². The number of likely N-dealkylation sites (tertiary alicyclic amines) is 1. The number of hydrogen-bond acceptors (Lipinski definition) is 6. The van der Waals surface area contributed by atoms with Crippen LogP contribution in [0, 0.1) is 0 Å². The molecule has 0 spiro atoms. The molecule has 29 heavy (non-hydrogen) atoms. The first-order chi connectivity index (χ1) is 13.9. The van der Waals surface area contributed by atoms with Crippen molar-refractivity contribution in [1.29, 1.82) is 0 Å². The number of imide groups is 1. The topological polar surface area (TPSA) is 117 Å². The van der Waals surface area contributed by atoms with Gasteiger partial charge in [0.15, 0.2) is 0 Å². The molecular formula is C20H16N2O6S. The number of nitrogens with one attached hydrogen (secondary N) is 1. The Hall–Kier alpha value is -3.33. The molecule has 0 bridgehead atoms. The van der Waals surface area contributed by atoms with Gasteiger partial charge in [0, 0.05) is 23.6 Å². The Morgan fingerprint density at radius 3 is 2.86 bits per heavy atom. The number of rotatable bonds is 4. The van der Waals surface area contributed by atoms with Crippen molar-refractivity contribution in [3.63, 3.8) is 0 Å². The highest BCUT2D eigenvalue weighted by Gasteiger charge is 2.32. The number of carboxylic acid groups (broad SMARTS) is 1. The molecule has 2 aliphatic rings. The van der Waals surface area contributed by atoms with Crippen LogP contribution < -0.4 is 5.32 Å². The fourth-order valence-corrected chi connectivity index (χ4v) is 4.08. The third kappa shape index (κ3) is 3.81. The summed E-state index contributed by atoms with van der Waals surface area (Å²) < 4.78 is 5.50. The van der Waals surface area contributed by atoms with Gasteiger partial charge in [-0.3, -0.25) is 19.7 Å². The van der Waals surface area contributed by atoms with Gasteiger partial charge in [0.1, 0.15) is 11.6 Å². The first-order valence-corrected chi connectivity index (χ1v) is 9.71. The van der Waals surface area contributed by atoms with Gasteiger partial charge in [-0.15, -0.1) is 0 Å². The van der Waals surface area contributed by atoms with Crippen LogP contribution in [0.2, 0.25) is 0 Å². The molecule has 1 atom stereocenters. The molecule has 0 saturated carbocycles. The molecule has 2 aliphatic heterocycles. The molecule has 148 valence electrons. The summed E-state index contributed by atoms with van der Waals surface area (Å²) in [7, 11) is 0. The highest BCUT2D eigenvalue weighted by Crippen LogP contribution is 2.29. The summed E-state index contributed by atoms with van der Waals surface area (Å²) in [4.78, 5) is 48.3. The van der Waals surface area contributed by atoms with E-state index in [-0.39, 0.29) is 5.91 Å². The van der Waals surface area contributed by atoms with Gasteiger partial charge in [0.2, 0.25) is 5.91 Å². The van der Waals surface area contributed by atoms with Gasteiger partial charge >= 0.3 is 5.97 Å². The van der Waals surface area contributed by atoms with E-state index in [1.165, 1.54) is 17.2 Å². The first-order valence-electron chi connectivity index (χ1n) is 8.90. The summed E-state index contributed by atoms with van der Waals surface area (Å²) in [5.74, 6) is -1.79. The van der Waals surface area contributed by atoms with E-state index >= 15 is 0 Å².